The lowest BCUT2D eigenvalue weighted by Crippen LogP contribution is -2.42. The first-order chi connectivity index (χ1) is 17.9. The minimum Gasteiger partial charge on any atom is -0.392 e. The second-order valence-electron chi connectivity index (χ2n) is 9.58. The van der Waals surface area contributed by atoms with Crippen LogP contribution in [0.15, 0.2) is 54.7 Å². The van der Waals surface area contributed by atoms with Crippen LogP contribution in [0.1, 0.15) is 37.5 Å². The number of anilines is 2. The zero-order valence-corrected chi connectivity index (χ0v) is 22.1. The molecule has 1 amide bonds. The van der Waals surface area contributed by atoms with Crippen molar-refractivity contribution < 1.29 is 36.2 Å². The first-order valence-corrected chi connectivity index (χ1v) is 12.1. The molecule has 1 atom stereocenters. The molecule has 0 aliphatic carbocycles. The number of alkyl halides is 6. The van der Waals surface area contributed by atoms with Gasteiger partial charge in [-0.2, -0.15) is 26.3 Å². The van der Waals surface area contributed by atoms with Crippen LogP contribution in [0.4, 0.5) is 37.8 Å². The molecule has 0 unspecified atom stereocenters. The van der Waals surface area contributed by atoms with Crippen LogP contribution in [0.25, 0.3) is 11.1 Å². The van der Waals surface area contributed by atoms with Crippen molar-refractivity contribution in [1.82, 2.24) is 4.98 Å². The predicted molar refractivity (Wildman–Crippen MR) is 138 cm³/mol. The third-order valence-corrected chi connectivity index (χ3v) is 6.47. The Morgan fingerprint density at radius 1 is 0.974 bits per heavy atom. The number of pyridine rings is 1. The molecule has 3 aromatic rings. The molecule has 210 valence electrons. The van der Waals surface area contributed by atoms with Crippen molar-refractivity contribution in [2.24, 2.45) is 0 Å². The Hall–Kier alpha value is -3.31. The van der Waals surface area contributed by atoms with Crippen molar-refractivity contribution in [3.8, 4) is 11.1 Å². The average molecular weight is 574 g/mol. The van der Waals surface area contributed by atoms with Crippen molar-refractivity contribution in [3.63, 3.8) is 0 Å². The number of nitrogens with one attached hydrogen (secondary N) is 1. The minimum atomic E-state index is -5.06. The van der Waals surface area contributed by atoms with Crippen LogP contribution in [0.2, 0.25) is 5.02 Å². The molecule has 12 heteroatoms. The van der Waals surface area contributed by atoms with E-state index in [0.717, 1.165) is 4.90 Å². The van der Waals surface area contributed by atoms with Gasteiger partial charge in [-0.25, -0.2) is 4.98 Å². The van der Waals surface area contributed by atoms with Crippen LogP contribution in [0.3, 0.4) is 0 Å². The van der Waals surface area contributed by atoms with Crippen molar-refractivity contribution >= 4 is 29.0 Å². The van der Waals surface area contributed by atoms with Crippen LogP contribution in [-0.4, -0.2) is 35.7 Å². The molecule has 2 N–H and O–H groups in total. The lowest BCUT2D eigenvalue weighted by Gasteiger charge is -2.32. The second kappa shape index (κ2) is 11.1. The largest absolute Gasteiger partial charge is 0.416 e. The monoisotopic (exact) mass is 573 g/mol. The van der Waals surface area contributed by atoms with Gasteiger partial charge < -0.3 is 15.3 Å². The summed E-state index contributed by atoms with van der Waals surface area (Å²) in [6, 6.07) is 9.43. The van der Waals surface area contributed by atoms with Crippen LogP contribution in [0, 0.1) is 0 Å². The molecular weight excluding hydrogens is 548 g/mol. The molecule has 0 saturated heterocycles. The molecular formula is C27H26ClF6N3O2. The number of halogens is 7. The maximum atomic E-state index is 13.7. The molecule has 0 fully saturated rings. The van der Waals surface area contributed by atoms with Gasteiger partial charge in [0.2, 0.25) is 5.91 Å². The Balaban J connectivity index is 2.12. The fourth-order valence-corrected chi connectivity index (χ4v) is 4.17. The molecule has 0 spiro atoms. The number of amides is 1. The molecule has 5 nitrogen and oxygen atoms in total. The fraction of sp³-hybridized carbons (Fsp3) is 0.333. The van der Waals surface area contributed by atoms with E-state index < -0.39 is 46.5 Å². The number of aliphatic hydroxyl groups is 1. The molecule has 39 heavy (non-hydrogen) atoms. The standard InChI is InChI=1S/C27H26ClF6N3O2/c1-15(38)13-35-23-12-20(19-7-5-6-8-21(19)28)22(14-36-23)37(4)24(39)25(2,3)16-9-17(26(29,30)31)11-18(10-16)27(32,33)34/h5-12,14-15,38H,13H2,1-4H3,(H,35,36)/t15-/m0/s1. The van der Waals surface area contributed by atoms with Gasteiger partial charge in [-0.1, -0.05) is 29.8 Å². The molecule has 0 saturated carbocycles. The van der Waals surface area contributed by atoms with Gasteiger partial charge >= 0.3 is 12.4 Å². The zero-order chi connectivity index (χ0) is 29.3. The summed E-state index contributed by atoms with van der Waals surface area (Å²) < 4.78 is 80.8. The first kappa shape index (κ1) is 30.2. The van der Waals surface area contributed by atoms with E-state index in [1.165, 1.54) is 27.1 Å². The van der Waals surface area contributed by atoms with Crippen molar-refractivity contribution in [3.05, 3.63) is 76.4 Å². The molecule has 2 aromatic carbocycles. The van der Waals surface area contributed by atoms with E-state index in [9.17, 15) is 36.2 Å². The maximum absolute atomic E-state index is 13.7. The van der Waals surface area contributed by atoms with Crippen molar-refractivity contribution in [2.75, 3.05) is 23.8 Å². The summed E-state index contributed by atoms with van der Waals surface area (Å²) in [6.45, 7) is 4.25. The molecule has 3 rings (SSSR count). The van der Waals surface area contributed by atoms with E-state index in [1.807, 2.05) is 0 Å². The average Bonchev–Trinajstić information content (AvgIpc) is 2.85. The summed E-state index contributed by atoms with van der Waals surface area (Å²) in [7, 11) is 1.35. The molecule has 1 heterocycles. The van der Waals surface area contributed by atoms with Gasteiger partial charge in [0.15, 0.2) is 0 Å². The summed E-state index contributed by atoms with van der Waals surface area (Å²) in [5.41, 5.74) is -4.14. The van der Waals surface area contributed by atoms with Crippen molar-refractivity contribution in [1.29, 1.82) is 0 Å². The van der Waals surface area contributed by atoms with Gasteiger partial charge in [0, 0.05) is 29.7 Å². The van der Waals surface area contributed by atoms with Gasteiger partial charge in [0.25, 0.3) is 0 Å². The third-order valence-electron chi connectivity index (χ3n) is 6.14. The Morgan fingerprint density at radius 2 is 1.51 bits per heavy atom. The lowest BCUT2D eigenvalue weighted by molar-refractivity contribution is -0.143. The van der Waals surface area contributed by atoms with E-state index in [-0.39, 0.29) is 18.3 Å². The van der Waals surface area contributed by atoms with Gasteiger partial charge in [-0.15, -0.1) is 0 Å². The smallest absolute Gasteiger partial charge is 0.392 e. The minimum absolute atomic E-state index is 0.0200. The molecule has 0 aliphatic heterocycles. The van der Waals surface area contributed by atoms with E-state index >= 15 is 0 Å². The van der Waals surface area contributed by atoms with Crippen molar-refractivity contribution in [2.45, 2.75) is 44.6 Å². The maximum Gasteiger partial charge on any atom is 0.416 e. The zero-order valence-electron chi connectivity index (χ0n) is 21.4. The van der Waals surface area contributed by atoms with Gasteiger partial charge in [0.1, 0.15) is 5.82 Å². The van der Waals surface area contributed by atoms with Crippen LogP contribution >= 0.6 is 11.6 Å². The van der Waals surface area contributed by atoms with Crippen LogP contribution < -0.4 is 10.2 Å². The highest BCUT2D eigenvalue weighted by Gasteiger charge is 2.41. The number of aromatic nitrogens is 1. The van der Waals surface area contributed by atoms with Crippen LogP contribution in [-0.2, 0) is 22.6 Å². The summed E-state index contributed by atoms with van der Waals surface area (Å²) in [6.07, 6.45) is -9.47. The first-order valence-electron chi connectivity index (χ1n) is 11.7. The normalized spacial score (nSPS) is 13.2. The third kappa shape index (κ3) is 6.83. The van der Waals surface area contributed by atoms with Gasteiger partial charge in [-0.05, 0) is 56.7 Å². The van der Waals surface area contributed by atoms with Gasteiger partial charge in [0.05, 0.1) is 34.5 Å². The summed E-state index contributed by atoms with van der Waals surface area (Å²) in [5.74, 6) is -0.433. The number of benzene rings is 2. The number of aliphatic hydroxyl groups excluding tert-OH is 1. The number of nitrogens with zero attached hydrogens (tertiary/aromatic N) is 2. The highest BCUT2D eigenvalue weighted by molar-refractivity contribution is 6.33. The lowest BCUT2D eigenvalue weighted by atomic mass is 9.81. The highest BCUT2D eigenvalue weighted by atomic mass is 35.5. The summed E-state index contributed by atoms with van der Waals surface area (Å²) >= 11 is 6.40. The predicted octanol–water partition coefficient (Wildman–Crippen LogP) is 7.17. The topological polar surface area (TPSA) is 65.5 Å². The number of carbonyl (C=O) groups is 1. The summed E-state index contributed by atoms with van der Waals surface area (Å²) in [4.78, 5) is 19.1. The number of rotatable bonds is 7. The molecule has 1 aromatic heterocycles. The molecule has 0 aliphatic rings. The number of hydrogen-bond donors (Lipinski definition) is 2. The van der Waals surface area contributed by atoms with Gasteiger partial charge in [-0.3, -0.25) is 4.79 Å². The molecule has 0 bridgehead atoms. The van der Waals surface area contributed by atoms with E-state index in [0.29, 0.717) is 34.1 Å². The second-order valence-corrected chi connectivity index (χ2v) is 9.99. The Kier molecular flexibility index (Phi) is 8.57. The molecule has 0 radical (unpaired) electrons. The van der Waals surface area contributed by atoms with E-state index in [2.05, 4.69) is 10.3 Å². The SMILES string of the molecule is C[C@H](O)CNc1cc(-c2ccccc2Cl)c(N(C)C(=O)C(C)(C)c2cc(C(F)(F)F)cc(C(F)(F)F)c2)cn1. The number of likely N-dealkylation sites (N-methyl/N-ethyl adjacent to an activating group) is 1. The highest BCUT2D eigenvalue weighted by Crippen LogP contribution is 2.41. The van der Waals surface area contributed by atoms with E-state index in [4.69, 9.17) is 11.6 Å². The Morgan fingerprint density at radius 3 is 2.03 bits per heavy atom. The quantitative estimate of drug-likeness (QED) is 0.294. The summed E-state index contributed by atoms with van der Waals surface area (Å²) in [5, 5.41) is 12.9. The number of carbonyl (C=O) groups excluding carboxylic acids is 1. The van der Waals surface area contributed by atoms with Crippen LogP contribution in [0.5, 0.6) is 0 Å². The van der Waals surface area contributed by atoms with E-state index in [1.54, 1.807) is 37.3 Å². The Bertz CT molecular complexity index is 1320. The Labute approximate surface area is 226 Å². The number of hydrogen-bond acceptors (Lipinski definition) is 4. The fourth-order valence-electron chi connectivity index (χ4n) is 3.93.